The Morgan fingerprint density at radius 1 is 1.26 bits per heavy atom. The lowest BCUT2D eigenvalue weighted by Crippen LogP contribution is -2.13. The minimum absolute atomic E-state index is 0.439. The first kappa shape index (κ1) is 14.6. The van der Waals surface area contributed by atoms with Crippen LogP contribution in [0.2, 0.25) is 0 Å². The molecule has 0 aromatic carbocycles. The fourth-order valence-electron chi connectivity index (χ4n) is 2.61. The van der Waals surface area contributed by atoms with E-state index in [0.29, 0.717) is 12.7 Å². The van der Waals surface area contributed by atoms with Crippen LogP contribution in [0.4, 0.5) is 0 Å². The largest absolute Gasteiger partial charge is 0.467 e. The lowest BCUT2D eigenvalue weighted by atomic mass is 10.1. The zero-order valence-electron chi connectivity index (χ0n) is 12.1. The van der Waals surface area contributed by atoms with Crippen molar-refractivity contribution in [2.24, 2.45) is 0 Å². The van der Waals surface area contributed by atoms with Crippen LogP contribution in [-0.2, 0) is 17.9 Å². The predicted octanol–water partition coefficient (Wildman–Crippen LogP) is 4.02. The van der Waals surface area contributed by atoms with Crippen LogP contribution in [0.15, 0.2) is 16.7 Å². The van der Waals surface area contributed by atoms with Gasteiger partial charge in [0.1, 0.15) is 12.4 Å². The maximum absolute atomic E-state index is 5.97. The van der Waals surface area contributed by atoms with Crippen LogP contribution in [0.3, 0.4) is 0 Å². The maximum Gasteiger partial charge on any atom is 0.129 e. The number of ether oxygens (including phenoxy) is 1. The summed E-state index contributed by atoms with van der Waals surface area (Å²) >= 11 is 0. The van der Waals surface area contributed by atoms with Gasteiger partial charge in [0.2, 0.25) is 0 Å². The van der Waals surface area contributed by atoms with E-state index < -0.39 is 0 Å². The monoisotopic (exact) mass is 265 g/mol. The van der Waals surface area contributed by atoms with Gasteiger partial charge in [-0.25, -0.2) is 0 Å². The van der Waals surface area contributed by atoms with Crippen molar-refractivity contribution in [1.29, 1.82) is 0 Å². The molecule has 108 valence electrons. The van der Waals surface area contributed by atoms with E-state index in [1.54, 1.807) is 0 Å². The summed E-state index contributed by atoms with van der Waals surface area (Å²) in [6.07, 6.45) is 11.2. The molecule has 1 aromatic rings. The summed E-state index contributed by atoms with van der Waals surface area (Å²) in [7, 11) is 0. The zero-order chi connectivity index (χ0) is 13.3. The summed E-state index contributed by atoms with van der Waals surface area (Å²) in [5, 5.41) is 3.38. The van der Waals surface area contributed by atoms with Crippen LogP contribution < -0.4 is 5.32 Å². The van der Waals surface area contributed by atoms with Crippen molar-refractivity contribution in [2.75, 3.05) is 6.54 Å². The highest BCUT2D eigenvalue weighted by atomic mass is 16.5. The third kappa shape index (κ3) is 5.37. The van der Waals surface area contributed by atoms with Crippen LogP contribution >= 0.6 is 0 Å². The molecule has 1 aromatic heterocycles. The van der Waals surface area contributed by atoms with E-state index in [1.807, 2.05) is 6.26 Å². The second-order valence-corrected chi connectivity index (χ2v) is 5.52. The predicted molar refractivity (Wildman–Crippen MR) is 77.0 cm³/mol. The fourth-order valence-corrected chi connectivity index (χ4v) is 2.61. The van der Waals surface area contributed by atoms with Gasteiger partial charge in [0.15, 0.2) is 0 Å². The molecule has 1 fully saturated rings. The summed E-state index contributed by atoms with van der Waals surface area (Å²) in [6.45, 7) is 4.74. The maximum atomic E-state index is 5.97. The van der Waals surface area contributed by atoms with Crippen molar-refractivity contribution in [3.8, 4) is 0 Å². The van der Waals surface area contributed by atoms with Gasteiger partial charge in [-0.1, -0.05) is 32.6 Å². The molecule has 1 aliphatic rings. The molecule has 1 N–H and O–H groups in total. The Hall–Kier alpha value is -0.800. The van der Waals surface area contributed by atoms with E-state index in [2.05, 4.69) is 18.3 Å². The van der Waals surface area contributed by atoms with Crippen molar-refractivity contribution in [2.45, 2.75) is 71.1 Å². The number of rotatable bonds is 7. The van der Waals surface area contributed by atoms with Crippen LogP contribution in [0.25, 0.3) is 0 Å². The minimum Gasteiger partial charge on any atom is -0.467 e. The van der Waals surface area contributed by atoms with Gasteiger partial charge >= 0.3 is 0 Å². The van der Waals surface area contributed by atoms with Crippen molar-refractivity contribution in [1.82, 2.24) is 5.32 Å². The lowest BCUT2D eigenvalue weighted by molar-refractivity contribution is 0.0220. The molecule has 3 heteroatoms. The van der Waals surface area contributed by atoms with Gasteiger partial charge in [-0.2, -0.15) is 0 Å². The summed E-state index contributed by atoms with van der Waals surface area (Å²) in [5.74, 6) is 0.956. The Labute approximate surface area is 116 Å². The van der Waals surface area contributed by atoms with Crippen LogP contribution in [0, 0.1) is 0 Å². The fraction of sp³-hybridized carbons (Fsp3) is 0.750. The number of furan rings is 1. The Balaban J connectivity index is 1.70. The molecule has 0 bridgehead atoms. The van der Waals surface area contributed by atoms with Gasteiger partial charge in [-0.15, -0.1) is 0 Å². The van der Waals surface area contributed by atoms with Gasteiger partial charge in [-0.3, -0.25) is 0 Å². The molecule has 0 spiro atoms. The molecule has 1 saturated carbocycles. The van der Waals surface area contributed by atoms with E-state index in [-0.39, 0.29) is 0 Å². The molecule has 1 aliphatic carbocycles. The smallest absolute Gasteiger partial charge is 0.129 e. The first-order valence-electron chi connectivity index (χ1n) is 7.77. The second kappa shape index (κ2) is 8.39. The first-order chi connectivity index (χ1) is 9.38. The highest BCUT2D eigenvalue weighted by Crippen LogP contribution is 2.21. The van der Waals surface area contributed by atoms with Gasteiger partial charge in [0.25, 0.3) is 0 Å². The molecule has 0 atom stereocenters. The summed E-state index contributed by atoms with van der Waals surface area (Å²) in [4.78, 5) is 0. The third-order valence-electron chi connectivity index (χ3n) is 3.73. The standard InChI is InChI=1S/C16H27NO2/c1-2-9-17-11-14-10-16(18-12-14)13-19-15-7-5-3-4-6-8-15/h10,12,15,17H,2-9,11,13H2,1H3. The molecule has 1 heterocycles. The van der Waals surface area contributed by atoms with Crippen LogP contribution in [0.1, 0.15) is 63.2 Å². The topological polar surface area (TPSA) is 34.4 Å². The molecule has 2 rings (SSSR count). The Bertz CT molecular complexity index is 340. The van der Waals surface area contributed by atoms with Crippen LogP contribution in [0.5, 0.6) is 0 Å². The van der Waals surface area contributed by atoms with Crippen molar-refractivity contribution >= 4 is 0 Å². The molecular formula is C16H27NO2. The quantitative estimate of drug-likeness (QED) is 0.597. The molecule has 0 radical (unpaired) electrons. The third-order valence-corrected chi connectivity index (χ3v) is 3.73. The normalized spacial score (nSPS) is 17.5. The average molecular weight is 265 g/mol. The lowest BCUT2D eigenvalue weighted by Gasteiger charge is -2.13. The Morgan fingerprint density at radius 2 is 2.05 bits per heavy atom. The van der Waals surface area contributed by atoms with Crippen molar-refractivity contribution in [3.63, 3.8) is 0 Å². The molecular weight excluding hydrogens is 238 g/mol. The molecule has 19 heavy (non-hydrogen) atoms. The van der Waals surface area contributed by atoms with E-state index in [0.717, 1.165) is 25.3 Å². The Kier molecular flexibility index (Phi) is 6.45. The first-order valence-corrected chi connectivity index (χ1v) is 7.77. The van der Waals surface area contributed by atoms with Gasteiger partial charge in [0.05, 0.1) is 12.4 Å². The number of hydrogen-bond donors (Lipinski definition) is 1. The van der Waals surface area contributed by atoms with Crippen molar-refractivity contribution < 1.29 is 9.15 Å². The highest BCUT2D eigenvalue weighted by molar-refractivity contribution is 5.12. The highest BCUT2D eigenvalue weighted by Gasteiger charge is 2.13. The zero-order valence-corrected chi connectivity index (χ0v) is 12.1. The van der Waals surface area contributed by atoms with E-state index in [1.165, 1.54) is 44.1 Å². The summed E-state index contributed by atoms with van der Waals surface area (Å²) < 4.78 is 11.5. The molecule has 0 aliphatic heterocycles. The van der Waals surface area contributed by atoms with E-state index in [4.69, 9.17) is 9.15 Å². The van der Waals surface area contributed by atoms with E-state index >= 15 is 0 Å². The molecule has 0 amide bonds. The summed E-state index contributed by atoms with van der Waals surface area (Å²) in [6, 6.07) is 2.11. The molecule has 0 unspecified atom stereocenters. The van der Waals surface area contributed by atoms with Gasteiger partial charge < -0.3 is 14.5 Å². The van der Waals surface area contributed by atoms with E-state index in [9.17, 15) is 0 Å². The second-order valence-electron chi connectivity index (χ2n) is 5.52. The Morgan fingerprint density at radius 3 is 2.79 bits per heavy atom. The average Bonchev–Trinajstić information content (AvgIpc) is 2.71. The number of hydrogen-bond acceptors (Lipinski definition) is 3. The molecule has 0 saturated heterocycles. The van der Waals surface area contributed by atoms with Gasteiger partial charge in [0, 0.05) is 12.1 Å². The minimum atomic E-state index is 0.439. The van der Waals surface area contributed by atoms with Crippen molar-refractivity contribution in [3.05, 3.63) is 23.7 Å². The number of nitrogens with one attached hydrogen (secondary N) is 1. The van der Waals surface area contributed by atoms with Crippen LogP contribution in [-0.4, -0.2) is 12.6 Å². The van der Waals surface area contributed by atoms with Gasteiger partial charge in [-0.05, 0) is 31.9 Å². The summed E-state index contributed by atoms with van der Waals surface area (Å²) in [5.41, 5.74) is 1.22. The molecule has 3 nitrogen and oxygen atoms in total. The SMILES string of the molecule is CCCNCc1coc(COC2CCCCCC2)c1.